The van der Waals surface area contributed by atoms with Gasteiger partial charge in [0.2, 0.25) is 0 Å². The third-order valence-corrected chi connectivity index (χ3v) is 1.72. The average Bonchev–Trinajstić information content (AvgIpc) is 2.17. The first kappa shape index (κ1) is 6.61. The van der Waals surface area contributed by atoms with Crippen LogP contribution in [0.15, 0.2) is 9.98 Å². The molecule has 0 saturated heterocycles. The Labute approximate surface area is 58.4 Å². The molecule has 0 atom stereocenters. The van der Waals surface area contributed by atoms with Gasteiger partial charge in [-0.1, -0.05) is 11.8 Å². The standard InChI is InChI=1S/C5H9N3S/c1-2-7-4-3-9-5(6)8-4/h2-3H2,1H3,(H2,6,7,8). The van der Waals surface area contributed by atoms with Crippen LogP contribution in [0.1, 0.15) is 6.92 Å². The van der Waals surface area contributed by atoms with E-state index in [0.717, 1.165) is 18.1 Å². The molecule has 0 unspecified atom stereocenters. The molecular weight excluding hydrogens is 134 g/mol. The van der Waals surface area contributed by atoms with Gasteiger partial charge in [0.1, 0.15) is 5.84 Å². The van der Waals surface area contributed by atoms with E-state index in [1.807, 2.05) is 6.92 Å². The van der Waals surface area contributed by atoms with Crippen molar-refractivity contribution in [3.63, 3.8) is 0 Å². The smallest absolute Gasteiger partial charge is 0.161 e. The summed E-state index contributed by atoms with van der Waals surface area (Å²) >= 11 is 1.54. The molecule has 0 radical (unpaired) electrons. The van der Waals surface area contributed by atoms with Crippen LogP contribution in [0.5, 0.6) is 0 Å². The summed E-state index contributed by atoms with van der Waals surface area (Å²) in [6, 6.07) is 0. The highest BCUT2D eigenvalue weighted by molar-refractivity contribution is 8.14. The molecule has 1 aliphatic rings. The van der Waals surface area contributed by atoms with Crippen LogP contribution in [0, 0.1) is 0 Å². The molecule has 0 fully saturated rings. The van der Waals surface area contributed by atoms with Gasteiger partial charge in [-0.25, -0.2) is 4.99 Å². The molecule has 0 spiro atoms. The van der Waals surface area contributed by atoms with Crippen LogP contribution in [0.3, 0.4) is 0 Å². The van der Waals surface area contributed by atoms with E-state index in [-0.39, 0.29) is 0 Å². The molecule has 0 aromatic carbocycles. The number of rotatable bonds is 1. The summed E-state index contributed by atoms with van der Waals surface area (Å²) in [4.78, 5) is 8.09. The van der Waals surface area contributed by atoms with Gasteiger partial charge in [0, 0.05) is 6.54 Å². The Bertz CT molecular complexity index is 162. The minimum atomic E-state index is 0.641. The Morgan fingerprint density at radius 1 is 1.89 bits per heavy atom. The number of thioether (sulfide) groups is 1. The van der Waals surface area contributed by atoms with Crippen LogP contribution in [0.4, 0.5) is 0 Å². The average molecular weight is 143 g/mol. The van der Waals surface area contributed by atoms with Gasteiger partial charge in [-0.2, -0.15) is 0 Å². The fourth-order valence-electron chi connectivity index (χ4n) is 0.594. The molecule has 1 rings (SSSR count). The molecule has 0 aromatic rings. The maximum Gasteiger partial charge on any atom is 0.161 e. The van der Waals surface area contributed by atoms with Crippen LogP contribution < -0.4 is 5.73 Å². The van der Waals surface area contributed by atoms with Crippen LogP contribution in [-0.4, -0.2) is 23.3 Å². The van der Waals surface area contributed by atoms with Crippen molar-refractivity contribution in [2.75, 3.05) is 12.3 Å². The molecule has 1 aliphatic heterocycles. The van der Waals surface area contributed by atoms with Crippen molar-refractivity contribution in [2.45, 2.75) is 6.92 Å². The van der Waals surface area contributed by atoms with Gasteiger partial charge in [0.25, 0.3) is 0 Å². The number of hydrogen-bond acceptors (Lipinski definition) is 3. The van der Waals surface area contributed by atoms with Gasteiger partial charge in [0.15, 0.2) is 5.17 Å². The molecule has 2 N–H and O–H groups in total. The minimum Gasteiger partial charge on any atom is -0.378 e. The lowest BCUT2D eigenvalue weighted by atomic mass is 10.6. The zero-order valence-corrected chi connectivity index (χ0v) is 6.11. The number of amidine groups is 2. The first-order valence-electron chi connectivity index (χ1n) is 2.83. The Balaban J connectivity index is 2.57. The third-order valence-electron chi connectivity index (χ3n) is 0.929. The highest BCUT2D eigenvalue weighted by Gasteiger charge is 2.07. The first-order chi connectivity index (χ1) is 4.33. The third kappa shape index (κ3) is 1.71. The second-order valence-electron chi connectivity index (χ2n) is 1.63. The zero-order valence-electron chi connectivity index (χ0n) is 5.29. The molecule has 1 heterocycles. The van der Waals surface area contributed by atoms with E-state index < -0.39 is 0 Å². The van der Waals surface area contributed by atoms with Crippen LogP contribution in [0.2, 0.25) is 0 Å². The van der Waals surface area contributed by atoms with Crippen molar-refractivity contribution in [3.8, 4) is 0 Å². The Morgan fingerprint density at radius 3 is 3.11 bits per heavy atom. The Hall–Kier alpha value is -0.510. The minimum absolute atomic E-state index is 0.641. The second kappa shape index (κ2) is 2.87. The van der Waals surface area contributed by atoms with Crippen molar-refractivity contribution in [1.82, 2.24) is 0 Å². The Morgan fingerprint density at radius 2 is 2.67 bits per heavy atom. The van der Waals surface area contributed by atoms with Crippen molar-refractivity contribution in [1.29, 1.82) is 0 Å². The van der Waals surface area contributed by atoms with Crippen molar-refractivity contribution in [3.05, 3.63) is 0 Å². The largest absolute Gasteiger partial charge is 0.378 e. The van der Waals surface area contributed by atoms with E-state index in [4.69, 9.17) is 5.73 Å². The lowest BCUT2D eigenvalue weighted by Crippen LogP contribution is -2.01. The molecule has 0 saturated carbocycles. The number of nitrogens with two attached hydrogens (primary N) is 1. The molecular formula is C5H9N3S. The first-order valence-corrected chi connectivity index (χ1v) is 3.81. The van der Waals surface area contributed by atoms with Crippen LogP contribution in [0.25, 0.3) is 0 Å². The van der Waals surface area contributed by atoms with E-state index in [9.17, 15) is 0 Å². The molecule has 3 nitrogen and oxygen atoms in total. The monoisotopic (exact) mass is 143 g/mol. The van der Waals surface area contributed by atoms with Crippen LogP contribution >= 0.6 is 11.8 Å². The van der Waals surface area contributed by atoms with Crippen LogP contribution in [-0.2, 0) is 0 Å². The van der Waals surface area contributed by atoms with Crippen molar-refractivity contribution in [2.24, 2.45) is 15.7 Å². The van der Waals surface area contributed by atoms with E-state index >= 15 is 0 Å². The molecule has 9 heavy (non-hydrogen) atoms. The maximum absolute atomic E-state index is 5.39. The summed E-state index contributed by atoms with van der Waals surface area (Å²) < 4.78 is 0. The van der Waals surface area contributed by atoms with E-state index in [0.29, 0.717) is 5.17 Å². The normalized spacial score (nSPS) is 22.8. The number of nitrogens with zero attached hydrogens (tertiary/aromatic N) is 2. The molecule has 0 aromatic heterocycles. The number of aliphatic imine (C=N–C) groups is 2. The molecule has 0 aliphatic carbocycles. The lowest BCUT2D eigenvalue weighted by Gasteiger charge is -1.84. The van der Waals surface area contributed by atoms with Crippen molar-refractivity contribution >= 4 is 22.8 Å². The SMILES string of the molecule is CCN=C1CSC(N)=N1. The summed E-state index contributed by atoms with van der Waals surface area (Å²) in [6.45, 7) is 2.79. The zero-order chi connectivity index (χ0) is 6.69. The van der Waals surface area contributed by atoms with Gasteiger partial charge in [-0.05, 0) is 6.92 Å². The summed E-state index contributed by atoms with van der Waals surface area (Å²) in [7, 11) is 0. The molecule has 4 heteroatoms. The molecule has 50 valence electrons. The van der Waals surface area contributed by atoms with E-state index in [1.54, 1.807) is 11.8 Å². The van der Waals surface area contributed by atoms with Gasteiger partial charge in [-0.15, -0.1) is 0 Å². The van der Waals surface area contributed by atoms with Gasteiger partial charge >= 0.3 is 0 Å². The summed E-state index contributed by atoms with van der Waals surface area (Å²) in [6.07, 6.45) is 0. The fourth-order valence-corrected chi connectivity index (χ4v) is 1.20. The van der Waals surface area contributed by atoms with Gasteiger partial charge < -0.3 is 5.73 Å². The molecule has 0 amide bonds. The summed E-state index contributed by atoms with van der Waals surface area (Å²) in [5.74, 6) is 1.72. The topological polar surface area (TPSA) is 50.7 Å². The number of hydrogen-bond donors (Lipinski definition) is 1. The quantitative estimate of drug-likeness (QED) is 0.580. The predicted molar refractivity (Wildman–Crippen MR) is 42.1 cm³/mol. The predicted octanol–water partition coefficient (Wildman–Crippen LogP) is 0.466. The Kier molecular flexibility index (Phi) is 2.10. The van der Waals surface area contributed by atoms with E-state index in [1.165, 1.54) is 0 Å². The second-order valence-corrected chi connectivity index (χ2v) is 2.62. The van der Waals surface area contributed by atoms with Crippen molar-refractivity contribution < 1.29 is 0 Å². The van der Waals surface area contributed by atoms with E-state index in [2.05, 4.69) is 9.98 Å². The fraction of sp³-hybridized carbons (Fsp3) is 0.600. The lowest BCUT2D eigenvalue weighted by molar-refractivity contribution is 1.12. The highest BCUT2D eigenvalue weighted by Crippen LogP contribution is 2.09. The van der Waals surface area contributed by atoms with Gasteiger partial charge in [-0.3, -0.25) is 4.99 Å². The summed E-state index contributed by atoms with van der Waals surface area (Å²) in [5, 5.41) is 0.641. The summed E-state index contributed by atoms with van der Waals surface area (Å²) in [5.41, 5.74) is 5.39. The molecule has 0 bridgehead atoms. The van der Waals surface area contributed by atoms with Gasteiger partial charge in [0.05, 0.1) is 5.75 Å². The maximum atomic E-state index is 5.39. The highest BCUT2D eigenvalue weighted by atomic mass is 32.2.